The average Bonchev–Trinajstić information content (AvgIpc) is 3.11. The molecule has 0 bridgehead atoms. The molecule has 5 aromatic carbocycles. The van der Waals surface area contributed by atoms with Crippen LogP contribution in [0.2, 0.25) is 5.02 Å². The van der Waals surface area contributed by atoms with Gasteiger partial charge < -0.3 is 9.64 Å². The molecule has 0 spiro atoms. The van der Waals surface area contributed by atoms with E-state index in [1.165, 1.54) is 0 Å². The summed E-state index contributed by atoms with van der Waals surface area (Å²) in [4.78, 5) is 22.0. The van der Waals surface area contributed by atoms with Crippen molar-refractivity contribution >= 4 is 28.9 Å². The van der Waals surface area contributed by atoms with Gasteiger partial charge in [0.25, 0.3) is 5.91 Å². The number of ether oxygens (including phenoxy) is 1. The Balaban J connectivity index is 1.53. The number of fused-ring (bicyclic) bond motifs is 1. The molecule has 5 heteroatoms. The van der Waals surface area contributed by atoms with Gasteiger partial charge in [0.2, 0.25) is 0 Å². The van der Waals surface area contributed by atoms with Crippen LogP contribution in [0.15, 0.2) is 132 Å². The highest BCUT2D eigenvalue weighted by molar-refractivity contribution is 6.32. The lowest BCUT2D eigenvalue weighted by atomic mass is 9.87. The third kappa shape index (κ3) is 5.46. The van der Waals surface area contributed by atoms with Gasteiger partial charge in [-0.1, -0.05) is 109 Å². The van der Waals surface area contributed by atoms with Crippen molar-refractivity contribution in [2.45, 2.75) is 25.4 Å². The van der Waals surface area contributed by atoms with Gasteiger partial charge in [0.15, 0.2) is 0 Å². The fourth-order valence-electron chi connectivity index (χ4n) is 5.63. The van der Waals surface area contributed by atoms with Gasteiger partial charge in [0, 0.05) is 22.6 Å². The number of rotatable bonds is 7. The molecule has 1 atom stereocenters. The normalized spacial score (nSPS) is 16.4. The molecule has 0 N–H and O–H groups in total. The number of methoxy groups -OCH3 is 1. The highest BCUT2D eigenvalue weighted by Crippen LogP contribution is 2.38. The molecule has 0 aliphatic carbocycles. The van der Waals surface area contributed by atoms with Crippen LogP contribution >= 0.6 is 11.6 Å². The van der Waals surface area contributed by atoms with Crippen LogP contribution < -0.4 is 9.64 Å². The van der Waals surface area contributed by atoms with Gasteiger partial charge in [0.05, 0.1) is 25.1 Å². The fraction of sp³-hybridized carbons (Fsp3) is 0.135. The topological polar surface area (TPSA) is 41.9 Å². The zero-order valence-corrected chi connectivity index (χ0v) is 24.4. The van der Waals surface area contributed by atoms with Crippen LogP contribution in [0.3, 0.4) is 0 Å². The standard InChI is InChI=1S/C37H31ClN2O2/c1-37(24-29-15-9-10-16-32(29)27-11-5-3-6-12-27)36(41)40(25-26-17-20-31(42-2)21-18-26)34-22-19-30(38)23-33(34)35(39-37)28-13-7-4-8-14-28/h3-23H,24-25H2,1-2H3/t37-/m1/s1. The Labute approximate surface area is 251 Å². The molecule has 0 saturated carbocycles. The second-order valence-corrected chi connectivity index (χ2v) is 11.1. The van der Waals surface area contributed by atoms with Crippen LogP contribution in [0.4, 0.5) is 5.69 Å². The molecule has 0 fully saturated rings. The lowest BCUT2D eigenvalue weighted by molar-refractivity contribution is -0.123. The van der Waals surface area contributed by atoms with E-state index in [4.69, 9.17) is 21.3 Å². The zero-order valence-electron chi connectivity index (χ0n) is 23.6. The summed E-state index contributed by atoms with van der Waals surface area (Å²) in [5, 5.41) is 0.590. The Morgan fingerprint density at radius 1 is 0.762 bits per heavy atom. The number of hydrogen-bond donors (Lipinski definition) is 0. The summed E-state index contributed by atoms with van der Waals surface area (Å²) in [7, 11) is 1.65. The number of nitrogens with zero attached hydrogens (tertiary/aromatic N) is 2. The summed E-state index contributed by atoms with van der Waals surface area (Å²) in [5.74, 6) is 0.695. The van der Waals surface area contributed by atoms with Crippen LogP contribution in [0.25, 0.3) is 11.1 Å². The maximum absolute atomic E-state index is 14.8. The number of benzene rings is 5. The fourth-order valence-corrected chi connectivity index (χ4v) is 5.81. The molecule has 5 aromatic rings. The Morgan fingerprint density at radius 3 is 2.10 bits per heavy atom. The number of aliphatic imine (C=N–C) groups is 1. The first kappa shape index (κ1) is 27.5. The number of hydrogen-bond acceptors (Lipinski definition) is 3. The molecule has 0 saturated heterocycles. The van der Waals surface area contributed by atoms with Crippen molar-refractivity contribution in [3.63, 3.8) is 0 Å². The highest BCUT2D eigenvalue weighted by atomic mass is 35.5. The number of halogens is 1. The van der Waals surface area contributed by atoms with Gasteiger partial charge in [-0.25, -0.2) is 0 Å². The lowest BCUT2D eigenvalue weighted by Gasteiger charge is -2.31. The largest absolute Gasteiger partial charge is 0.497 e. The van der Waals surface area contributed by atoms with E-state index >= 15 is 0 Å². The molecule has 1 aliphatic heterocycles. The summed E-state index contributed by atoms with van der Waals surface area (Å²) in [6, 6.07) is 42.1. The molecule has 42 heavy (non-hydrogen) atoms. The second-order valence-electron chi connectivity index (χ2n) is 10.7. The van der Waals surface area contributed by atoms with Crippen LogP contribution in [0, 0.1) is 0 Å². The van der Waals surface area contributed by atoms with Crippen molar-refractivity contribution in [2.24, 2.45) is 4.99 Å². The van der Waals surface area contributed by atoms with Crippen LogP contribution in [0.1, 0.15) is 29.2 Å². The van der Waals surface area contributed by atoms with Gasteiger partial charge >= 0.3 is 0 Å². The maximum Gasteiger partial charge on any atom is 0.255 e. The van der Waals surface area contributed by atoms with E-state index in [0.717, 1.165) is 50.5 Å². The molecular formula is C37H31ClN2O2. The first-order valence-corrected chi connectivity index (χ1v) is 14.4. The number of amides is 1. The Bertz CT molecular complexity index is 1750. The van der Waals surface area contributed by atoms with Gasteiger partial charge in [0.1, 0.15) is 11.3 Å². The van der Waals surface area contributed by atoms with Gasteiger partial charge in [-0.3, -0.25) is 9.79 Å². The average molecular weight is 571 g/mol. The molecule has 4 nitrogen and oxygen atoms in total. The monoisotopic (exact) mass is 570 g/mol. The molecule has 208 valence electrons. The van der Waals surface area contributed by atoms with Crippen molar-refractivity contribution in [3.8, 4) is 16.9 Å². The second kappa shape index (κ2) is 11.7. The van der Waals surface area contributed by atoms with E-state index in [-0.39, 0.29) is 5.91 Å². The first-order valence-electron chi connectivity index (χ1n) is 14.0. The first-order chi connectivity index (χ1) is 20.4. The van der Waals surface area contributed by atoms with Crippen LogP contribution in [-0.4, -0.2) is 24.3 Å². The quantitative estimate of drug-likeness (QED) is 0.197. The van der Waals surface area contributed by atoms with Gasteiger partial charge in [-0.2, -0.15) is 0 Å². The molecule has 1 aliphatic rings. The van der Waals surface area contributed by atoms with Gasteiger partial charge in [-0.15, -0.1) is 0 Å². The van der Waals surface area contributed by atoms with E-state index in [1.807, 2.05) is 115 Å². The molecule has 1 amide bonds. The number of carbonyl (C=O) groups excluding carboxylic acids is 1. The number of anilines is 1. The van der Waals surface area contributed by atoms with Gasteiger partial charge in [-0.05, 0) is 59.5 Å². The van der Waals surface area contributed by atoms with E-state index < -0.39 is 5.54 Å². The summed E-state index contributed by atoms with van der Waals surface area (Å²) >= 11 is 6.58. The number of benzodiazepines with no additional fused rings is 1. The van der Waals surface area contributed by atoms with Crippen molar-refractivity contribution in [2.75, 3.05) is 12.0 Å². The Morgan fingerprint density at radius 2 is 1.40 bits per heavy atom. The summed E-state index contributed by atoms with van der Waals surface area (Å²) in [6.07, 6.45) is 0.425. The summed E-state index contributed by atoms with van der Waals surface area (Å²) in [6.45, 7) is 2.33. The van der Waals surface area contributed by atoms with Crippen molar-refractivity contribution in [3.05, 3.63) is 155 Å². The Hall–Kier alpha value is -4.67. The van der Waals surface area contributed by atoms with E-state index in [9.17, 15) is 4.79 Å². The maximum atomic E-state index is 14.8. The molecule has 0 radical (unpaired) electrons. The van der Waals surface area contributed by atoms with Crippen molar-refractivity contribution < 1.29 is 9.53 Å². The predicted molar refractivity (Wildman–Crippen MR) is 172 cm³/mol. The SMILES string of the molecule is COc1ccc(CN2C(=O)[C@@](C)(Cc3ccccc3-c3ccccc3)N=C(c3ccccc3)c3cc(Cl)ccc32)cc1. The number of carbonyl (C=O) groups is 1. The minimum absolute atomic E-state index is 0.0734. The van der Waals surface area contributed by atoms with Crippen LogP contribution in [0.5, 0.6) is 5.75 Å². The van der Waals surface area contributed by atoms with Crippen LogP contribution in [-0.2, 0) is 17.8 Å². The van der Waals surface area contributed by atoms with Crippen molar-refractivity contribution in [1.82, 2.24) is 0 Å². The van der Waals surface area contributed by atoms with E-state index in [0.29, 0.717) is 18.0 Å². The summed E-state index contributed by atoms with van der Waals surface area (Å²) in [5.41, 5.74) is 6.43. The third-order valence-electron chi connectivity index (χ3n) is 7.75. The van der Waals surface area contributed by atoms with E-state index in [1.54, 1.807) is 7.11 Å². The Kier molecular flexibility index (Phi) is 7.64. The minimum atomic E-state index is -1.10. The molecule has 1 heterocycles. The van der Waals surface area contributed by atoms with E-state index in [2.05, 4.69) is 24.3 Å². The molecule has 0 aromatic heterocycles. The summed E-state index contributed by atoms with van der Waals surface area (Å²) < 4.78 is 5.37. The highest BCUT2D eigenvalue weighted by Gasteiger charge is 2.42. The molecular weight excluding hydrogens is 540 g/mol. The minimum Gasteiger partial charge on any atom is -0.497 e. The molecule has 6 rings (SSSR count). The third-order valence-corrected chi connectivity index (χ3v) is 7.99. The lowest BCUT2D eigenvalue weighted by Crippen LogP contribution is -2.47. The predicted octanol–water partition coefficient (Wildman–Crippen LogP) is 8.40. The zero-order chi connectivity index (χ0) is 29.1. The smallest absolute Gasteiger partial charge is 0.255 e. The van der Waals surface area contributed by atoms with Crippen molar-refractivity contribution in [1.29, 1.82) is 0 Å². The molecule has 0 unspecified atom stereocenters.